The number of rotatable bonds is 2. The van der Waals surface area contributed by atoms with Gasteiger partial charge in [0.05, 0.1) is 15.5 Å². The van der Waals surface area contributed by atoms with Crippen LogP contribution in [0, 0.1) is 5.82 Å². The topological polar surface area (TPSA) is 74.6 Å². The molecule has 0 saturated heterocycles. The van der Waals surface area contributed by atoms with Gasteiger partial charge in [-0.2, -0.15) is 0 Å². The van der Waals surface area contributed by atoms with Crippen LogP contribution in [-0.2, 0) is 11.1 Å². The molecule has 0 amide bonds. The van der Waals surface area contributed by atoms with E-state index < -0.39 is 28.4 Å². The molecule has 0 heterocycles. The van der Waals surface area contributed by atoms with Crippen LogP contribution in [0.2, 0.25) is 5.02 Å². The van der Waals surface area contributed by atoms with Crippen molar-refractivity contribution in [2.45, 2.75) is 4.90 Å². The minimum atomic E-state index is -2.44. The molecule has 4 nitrogen and oxygen atoms in total. The molecule has 1 atom stereocenters. The second kappa shape index (κ2) is 4.04. The average Bonchev–Trinajstić information content (AvgIpc) is 2.02. The highest BCUT2D eigenvalue weighted by molar-refractivity contribution is 7.79. The molecule has 0 aliphatic carbocycles. The van der Waals surface area contributed by atoms with Crippen LogP contribution in [0.15, 0.2) is 17.0 Å². The van der Waals surface area contributed by atoms with Gasteiger partial charge in [0.2, 0.25) is 0 Å². The summed E-state index contributed by atoms with van der Waals surface area (Å²) in [4.78, 5) is 10.1. The predicted molar refractivity (Wildman–Crippen MR) is 47.4 cm³/mol. The fourth-order valence-electron chi connectivity index (χ4n) is 0.827. The summed E-state index contributed by atoms with van der Waals surface area (Å²) in [7, 11) is 0. The first kappa shape index (κ1) is 11.1. The van der Waals surface area contributed by atoms with Gasteiger partial charge in [-0.15, -0.1) is 0 Å². The lowest BCUT2D eigenvalue weighted by Crippen LogP contribution is -2.03. The molecule has 0 saturated carbocycles. The van der Waals surface area contributed by atoms with E-state index in [2.05, 4.69) is 0 Å². The number of hydrogen-bond acceptors (Lipinski definition) is 2. The van der Waals surface area contributed by atoms with Gasteiger partial charge in [0.15, 0.2) is 11.1 Å². The van der Waals surface area contributed by atoms with Crippen LogP contribution in [0.3, 0.4) is 0 Å². The lowest BCUT2D eigenvalue weighted by molar-refractivity contribution is 0.0691. The predicted octanol–water partition coefficient (Wildman–Crippen LogP) is 1.76. The van der Waals surface area contributed by atoms with E-state index in [-0.39, 0.29) is 9.92 Å². The van der Waals surface area contributed by atoms with Crippen molar-refractivity contribution in [3.05, 3.63) is 28.5 Å². The van der Waals surface area contributed by atoms with Gasteiger partial charge >= 0.3 is 5.97 Å². The summed E-state index contributed by atoms with van der Waals surface area (Å²) in [5.41, 5.74) is -0.688. The van der Waals surface area contributed by atoms with Gasteiger partial charge in [-0.25, -0.2) is 13.4 Å². The van der Waals surface area contributed by atoms with Crippen LogP contribution in [0.5, 0.6) is 0 Å². The molecule has 1 aromatic carbocycles. The fraction of sp³-hybridized carbons (Fsp3) is 0. The molecule has 1 rings (SSSR count). The Labute approximate surface area is 85.6 Å². The summed E-state index contributed by atoms with van der Waals surface area (Å²) < 4.78 is 32.2. The van der Waals surface area contributed by atoms with E-state index in [1.807, 2.05) is 0 Å². The number of hydrogen-bond donors (Lipinski definition) is 2. The molecule has 0 spiro atoms. The van der Waals surface area contributed by atoms with Gasteiger partial charge in [0.25, 0.3) is 0 Å². The zero-order valence-electron chi connectivity index (χ0n) is 6.53. The van der Waals surface area contributed by atoms with Crippen molar-refractivity contribution in [3.63, 3.8) is 0 Å². The molecule has 2 N–H and O–H groups in total. The molecule has 0 radical (unpaired) electrons. The van der Waals surface area contributed by atoms with Crippen molar-refractivity contribution >= 4 is 28.7 Å². The van der Waals surface area contributed by atoms with E-state index in [0.717, 1.165) is 6.07 Å². The molecule has 1 unspecified atom stereocenters. The molecule has 0 aliphatic rings. The smallest absolute Gasteiger partial charge is 0.338 e. The van der Waals surface area contributed by atoms with E-state index in [0.29, 0.717) is 6.07 Å². The average molecular weight is 239 g/mol. The summed E-state index contributed by atoms with van der Waals surface area (Å²) in [6, 6.07) is 1.42. The molecule has 0 aromatic heterocycles. The number of benzene rings is 1. The molecule has 1 aromatic rings. The van der Waals surface area contributed by atoms with Crippen molar-refractivity contribution in [2.75, 3.05) is 0 Å². The van der Waals surface area contributed by atoms with E-state index in [4.69, 9.17) is 21.3 Å². The molecular formula is C7H4ClFO4S. The first-order valence-corrected chi connectivity index (χ1v) is 4.75. The highest BCUT2D eigenvalue weighted by Gasteiger charge is 2.16. The lowest BCUT2D eigenvalue weighted by atomic mass is 10.2. The van der Waals surface area contributed by atoms with E-state index in [9.17, 15) is 13.4 Å². The lowest BCUT2D eigenvalue weighted by Gasteiger charge is -2.02. The minimum Gasteiger partial charge on any atom is -0.478 e. The third-order valence-corrected chi connectivity index (χ3v) is 2.58. The Morgan fingerprint density at radius 3 is 2.50 bits per heavy atom. The zero-order chi connectivity index (χ0) is 10.9. The van der Waals surface area contributed by atoms with E-state index in [1.54, 1.807) is 0 Å². The van der Waals surface area contributed by atoms with Crippen molar-refractivity contribution in [1.29, 1.82) is 0 Å². The second-order valence-electron chi connectivity index (χ2n) is 2.32. The highest BCUT2D eigenvalue weighted by Crippen LogP contribution is 2.23. The molecule has 14 heavy (non-hydrogen) atoms. The molecular weight excluding hydrogens is 235 g/mol. The van der Waals surface area contributed by atoms with Crippen molar-refractivity contribution in [2.24, 2.45) is 0 Å². The number of carboxylic acids is 1. The Bertz CT molecular complexity index is 385. The molecule has 0 aliphatic heterocycles. The van der Waals surface area contributed by atoms with E-state index >= 15 is 0 Å². The number of carboxylic acid groups (broad SMARTS) is 1. The van der Waals surface area contributed by atoms with E-state index in [1.165, 1.54) is 0 Å². The third kappa shape index (κ3) is 2.09. The largest absolute Gasteiger partial charge is 0.478 e. The summed E-state index contributed by atoms with van der Waals surface area (Å²) in [5, 5.41) is 8.22. The maximum atomic E-state index is 12.9. The zero-order valence-corrected chi connectivity index (χ0v) is 8.10. The maximum Gasteiger partial charge on any atom is 0.338 e. The van der Waals surface area contributed by atoms with Gasteiger partial charge in [-0.05, 0) is 12.1 Å². The van der Waals surface area contributed by atoms with Crippen molar-refractivity contribution < 1.29 is 23.1 Å². The molecule has 7 heteroatoms. The van der Waals surface area contributed by atoms with Gasteiger partial charge in [-0.3, -0.25) is 0 Å². The Morgan fingerprint density at radius 1 is 1.50 bits per heavy atom. The van der Waals surface area contributed by atoms with Crippen LogP contribution < -0.4 is 0 Å². The Hall–Kier alpha value is -0.980. The Morgan fingerprint density at radius 2 is 2.07 bits per heavy atom. The van der Waals surface area contributed by atoms with Gasteiger partial charge in [0, 0.05) is 0 Å². The quantitative estimate of drug-likeness (QED) is 0.770. The number of carbonyl (C=O) groups is 1. The summed E-state index contributed by atoms with van der Waals surface area (Å²) in [6.07, 6.45) is 0. The van der Waals surface area contributed by atoms with Crippen LogP contribution in [0.1, 0.15) is 10.4 Å². The van der Waals surface area contributed by atoms with Gasteiger partial charge in [0.1, 0.15) is 5.82 Å². The molecule has 76 valence electrons. The first-order valence-electron chi connectivity index (χ1n) is 3.26. The van der Waals surface area contributed by atoms with Crippen LogP contribution in [0.4, 0.5) is 4.39 Å². The van der Waals surface area contributed by atoms with Gasteiger partial charge < -0.3 is 9.66 Å². The SMILES string of the molecule is O=C(O)c1cc(S(=O)O)c(Cl)cc1F. The fourth-order valence-corrected chi connectivity index (χ4v) is 1.62. The first-order chi connectivity index (χ1) is 6.43. The monoisotopic (exact) mass is 238 g/mol. The summed E-state index contributed by atoms with van der Waals surface area (Å²) in [6.45, 7) is 0. The highest BCUT2D eigenvalue weighted by atomic mass is 35.5. The second-order valence-corrected chi connectivity index (χ2v) is 3.66. The van der Waals surface area contributed by atoms with Crippen molar-refractivity contribution in [3.8, 4) is 0 Å². The summed E-state index contributed by atoms with van der Waals surface area (Å²) >= 11 is 2.98. The maximum absolute atomic E-state index is 12.9. The number of aromatic carboxylic acids is 1. The molecule has 0 bridgehead atoms. The van der Waals surface area contributed by atoms with Crippen LogP contribution in [-0.4, -0.2) is 19.8 Å². The standard InChI is InChI=1S/C7H4ClFO4S/c8-4-2-5(9)3(7(10)11)1-6(4)14(12)13/h1-2H,(H,10,11)(H,12,13). The molecule has 0 fully saturated rings. The third-order valence-electron chi connectivity index (χ3n) is 1.44. The summed E-state index contributed by atoms with van der Waals surface area (Å²) in [5.74, 6) is -2.57. The van der Waals surface area contributed by atoms with Crippen LogP contribution >= 0.6 is 11.6 Å². The van der Waals surface area contributed by atoms with Gasteiger partial charge in [-0.1, -0.05) is 11.6 Å². The van der Waals surface area contributed by atoms with Crippen molar-refractivity contribution in [1.82, 2.24) is 0 Å². The normalized spacial score (nSPS) is 12.5. The Kier molecular flexibility index (Phi) is 3.20. The number of halogens is 2. The van der Waals surface area contributed by atoms with Crippen LogP contribution in [0.25, 0.3) is 0 Å². The minimum absolute atomic E-state index is 0.284. The Balaban J connectivity index is 3.42.